The topological polar surface area (TPSA) is 61.4 Å². The highest BCUT2D eigenvalue weighted by atomic mass is 16.2. The molecule has 24 heavy (non-hydrogen) atoms. The van der Waals surface area contributed by atoms with E-state index in [1.165, 1.54) is 51.4 Å². The van der Waals surface area contributed by atoms with E-state index in [1.807, 2.05) is 0 Å². The maximum atomic E-state index is 12.4. The zero-order chi connectivity index (χ0) is 16.8. The van der Waals surface area contributed by atoms with Crippen molar-refractivity contribution in [2.75, 3.05) is 19.6 Å². The van der Waals surface area contributed by atoms with E-state index in [-0.39, 0.29) is 17.9 Å². The molecule has 3 fully saturated rings. The highest BCUT2D eigenvalue weighted by Crippen LogP contribution is 2.31. The summed E-state index contributed by atoms with van der Waals surface area (Å²) in [7, 11) is 0. The van der Waals surface area contributed by atoms with Gasteiger partial charge in [0.05, 0.1) is 6.54 Å². The molecule has 136 valence electrons. The van der Waals surface area contributed by atoms with Gasteiger partial charge < -0.3 is 10.6 Å². The van der Waals surface area contributed by atoms with Gasteiger partial charge >= 0.3 is 0 Å². The van der Waals surface area contributed by atoms with Crippen LogP contribution in [0, 0.1) is 5.92 Å². The number of amides is 2. The molecule has 3 rings (SSSR count). The van der Waals surface area contributed by atoms with E-state index in [0.717, 1.165) is 38.3 Å². The van der Waals surface area contributed by atoms with Crippen molar-refractivity contribution in [2.45, 2.75) is 82.7 Å². The normalized spacial score (nSPS) is 29.9. The summed E-state index contributed by atoms with van der Waals surface area (Å²) in [5.74, 6) is 0.869. The molecule has 2 amide bonds. The average Bonchev–Trinajstić information content (AvgIpc) is 2.90. The van der Waals surface area contributed by atoms with Gasteiger partial charge in [-0.25, -0.2) is 0 Å². The highest BCUT2D eigenvalue weighted by Gasteiger charge is 2.30. The lowest BCUT2D eigenvalue weighted by molar-refractivity contribution is -0.129. The minimum atomic E-state index is -0.334. The molecule has 0 spiro atoms. The molecule has 2 atom stereocenters. The summed E-state index contributed by atoms with van der Waals surface area (Å²) >= 11 is 0. The van der Waals surface area contributed by atoms with E-state index in [9.17, 15) is 9.59 Å². The van der Waals surface area contributed by atoms with Gasteiger partial charge in [-0.2, -0.15) is 0 Å². The van der Waals surface area contributed by atoms with Crippen LogP contribution in [0.4, 0.5) is 0 Å². The van der Waals surface area contributed by atoms with E-state index in [2.05, 4.69) is 15.5 Å². The van der Waals surface area contributed by atoms with Gasteiger partial charge in [-0.3, -0.25) is 14.5 Å². The van der Waals surface area contributed by atoms with Crippen molar-refractivity contribution in [3.63, 3.8) is 0 Å². The van der Waals surface area contributed by atoms with Crippen molar-refractivity contribution in [1.82, 2.24) is 15.5 Å². The molecule has 1 aliphatic carbocycles. The Bertz CT molecular complexity index is 434. The largest absolute Gasteiger partial charge is 0.354 e. The number of likely N-dealkylation sites (tertiary alicyclic amines) is 1. The Kier molecular flexibility index (Phi) is 6.52. The molecular weight excluding hydrogens is 302 g/mol. The molecular formula is C19H33N3O2. The smallest absolute Gasteiger partial charge is 0.242 e. The second kappa shape index (κ2) is 8.84. The van der Waals surface area contributed by atoms with Crippen molar-refractivity contribution in [2.24, 2.45) is 5.92 Å². The molecule has 5 heteroatoms. The van der Waals surface area contributed by atoms with E-state index >= 15 is 0 Å². The van der Waals surface area contributed by atoms with Crippen molar-refractivity contribution in [1.29, 1.82) is 0 Å². The van der Waals surface area contributed by atoms with Crippen LogP contribution < -0.4 is 10.6 Å². The molecule has 5 nitrogen and oxygen atoms in total. The van der Waals surface area contributed by atoms with Crippen LogP contribution in [0.2, 0.25) is 0 Å². The average molecular weight is 335 g/mol. The van der Waals surface area contributed by atoms with Crippen molar-refractivity contribution < 1.29 is 9.59 Å². The lowest BCUT2D eigenvalue weighted by Gasteiger charge is -2.30. The van der Waals surface area contributed by atoms with Crippen LogP contribution >= 0.6 is 0 Å². The van der Waals surface area contributed by atoms with Crippen LogP contribution in [0.25, 0.3) is 0 Å². The van der Waals surface area contributed by atoms with Gasteiger partial charge in [0.15, 0.2) is 0 Å². The Morgan fingerprint density at radius 2 is 1.83 bits per heavy atom. The number of carbonyl (C=O) groups excluding carboxylic acids is 2. The van der Waals surface area contributed by atoms with E-state index < -0.39 is 0 Å². The zero-order valence-electron chi connectivity index (χ0n) is 14.9. The lowest BCUT2D eigenvalue weighted by Crippen LogP contribution is -2.49. The molecule has 0 radical (unpaired) electrons. The first-order chi connectivity index (χ1) is 11.7. The summed E-state index contributed by atoms with van der Waals surface area (Å²) in [4.78, 5) is 26.8. The van der Waals surface area contributed by atoms with Gasteiger partial charge in [0.2, 0.25) is 11.8 Å². The Labute approximate surface area is 145 Å². The second-order valence-electron chi connectivity index (χ2n) is 7.91. The van der Waals surface area contributed by atoms with Crippen LogP contribution in [0.1, 0.15) is 70.6 Å². The highest BCUT2D eigenvalue weighted by molar-refractivity contribution is 5.88. The Morgan fingerprint density at radius 3 is 2.67 bits per heavy atom. The molecule has 0 aromatic carbocycles. The predicted molar refractivity (Wildman–Crippen MR) is 94.6 cm³/mol. The van der Waals surface area contributed by atoms with Crippen LogP contribution in [0.15, 0.2) is 0 Å². The lowest BCUT2D eigenvalue weighted by atomic mass is 9.84. The van der Waals surface area contributed by atoms with E-state index in [1.54, 1.807) is 0 Å². The number of rotatable bonds is 5. The summed E-state index contributed by atoms with van der Waals surface area (Å²) in [5, 5.41) is 5.86. The quantitative estimate of drug-likeness (QED) is 0.810. The molecule has 2 N–H and O–H groups in total. The van der Waals surface area contributed by atoms with Crippen molar-refractivity contribution >= 4 is 11.8 Å². The Hall–Kier alpha value is -1.10. The van der Waals surface area contributed by atoms with Crippen LogP contribution in [-0.2, 0) is 9.59 Å². The van der Waals surface area contributed by atoms with Gasteiger partial charge in [-0.1, -0.05) is 32.1 Å². The fourth-order valence-corrected chi connectivity index (χ4v) is 4.68. The molecule has 0 unspecified atom stereocenters. The molecule has 2 saturated heterocycles. The van der Waals surface area contributed by atoms with E-state index in [0.29, 0.717) is 12.6 Å². The predicted octanol–water partition coefficient (Wildman–Crippen LogP) is 2.21. The molecule has 0 aromatic rings. The molecule has 0 aromatic heterocycles. The molecule has 1 saturated carbocycles. The van der Waals surface area contributed by atoms with E-state index in [4.69, 9.17) is 0 Å². The molecule has 3 aliphatic rings. The van der Waals surface area contributed by atoms with Crippen LogP contribution in [0.3, 0.4) is 0 Å². The minimum absolute atomic E-state index is 0.0129. The van der Waals surface area contributed by atoms with Gasteiger partial charge in [0, 0.05) is 12.6 Å². The molecule has 0 bridgehead atoms. The third kappa shape index (κ3) is 4.95. The second-order valence-corrected chi connectivity index (χ2v) is 7.91. The summed E-state index contributed by atoms with van der Waals surface area (Å²) in [6.07, 6.45) is 13.4. The van der Waals surface area contributed by atoms with Gasteiger partial charge in [-0.15, -0.1) is 0 Å². The van der Waals surface area contributed by atoms with Crippen molar-refractivity contribution in [3.05, 3.63) is 0 Å². The molecule has 2 heterocycles. The summed E-state index contributed by atoms with van der Waals surface area (Å²) in [6, 6.07) is 0.237. The molecule has 2 aliphatic heterocycles. The van der Waals surface area contributed by atoms with Crippen molar-refractivity contribution in [3.8, 4) is 0 Å². The maximum absolute atomic E-state index is 12.4. The monoisotopic (exact) mass is 335 g/mol. The minimum Gasteiger partial charge on any atom is -0.354 e. The summed E-state index contributed by atoms with van der Waals surface area (Å²) < 4.78 is 0. The number of hydrogen-bond donors (Lipinski definition) is 2. The van der Waals surface area contributed by atoms with Crippen LogP contribution in [-0.4, -0.2) is 48.4 Å². The fourth-order valence-electron chi connectivity index (χ4n) is 4.68. The zero-order valence-corrected chi connectivity index (χ0v) is 14.9. The van der Waals surface area contributed by atoms with Gasteiger partial charge in [0.25, 0.3) is 0 Å². The third-order valence-electron chi connectivity index (χ3n) is 6.05. The first-order valence-corrected chi connectivity index (χ1v) is 10.0. The number of carbonyl (C=O) groups is 2. The first kappa shape index (κ1) is 17.7. The standard InChI is InChI=1S/C19H33N3O2/c23-18(21-17-10-4-5-11-20-19(17)24)14-22-12-6-9-16(22)13-15-7-2-1-3-8-15/h15-17H,1-14H2,(H,20,24)(H,21,23)/t16-,17+/m1/s1. The third-order valence-corrected chi connectivity index (χ3v) is 6.05. The van der Waals surface area contributed by atoms with Crippen LogP contribution in [0.5, 0.6) is 0 Å². The fraction of sp³-hybridized carbons (Fsp3) is 0.895. The Morgan fingerprint density at radius 1 is 1.04 bits per heavy atom. The SMILES string of the molecule is O=C(CN1CCC[C@@H]1CC1CCCCC1)N[C@H]1CCCCNC1=O. The Balaban J connectivity index is 1.46. The van der Waals surface area contributed by atoms with Gasteiger partial charge in [-0.05, 0) is 51.0 Å². The number of hydrogen-bond acceptors (Lipinski definition) is 3. The first-order valence-electron chi connectivity index (χ1n) is 10.0. The summed E-state index contributed by atoms with van der Waals surface area (Å²) in [6.45, 7) is 2.23. The summed E-state index contributed by atoms with van der Waals surface area (Å²) in [5.41, 5.74) is 0. The maximum Gasteiger partial charge on any atom is 0.242 e. The van der Waals surface area contributed by atoms with Gasteiger partial charge in [0.1, 0.15) is 6.04 Å². The number of nitrogens with one attached hydrogen (secondary N) is 2. The number of nitrogens with zero attached hydrogens (tertiary/aromatic N) is 1.